The fraction of sp³-hybridized carbons (Fsp3) is 0.917. The highest BCUT2D eigenvalue weighted by Gasteiger charge is 2.28. The van der Waals surface area contributed by atoms with Gasteiger partial charge in [0.2, 0.25) is 5.91 Å². The number of alkyl halides is 1. The Hall–Kier alpha value is -0.640. The van der Waals surface area contributed by atoms with Gasteiger partial charge in [-0.25, -0.2) is 0 Å². The maximum atomic E-state index is 12.4. The van der Waals surface area contributed by atoms with Crippen LogP contribution in [0.3, 0.4) is 0 Å². The van der Waals surface area contributed by atoms with Crippen LogP contribution in [-0.2, 0) is 4.79 Å². The van der Waals surface area contributed by atoms with E-state index in [1.54, 1.807) is 0 Å². The predicted octanol–water partition coefficient (Wildman–Crippen LogP) is 1.19. The standard InChI is InChI=1S/C12H21FN2O/c13-9-10-3-7-15(8-4-10)12(16)11-1-5-14-6-2-11/h10-11,14H,1-9H2. The highest BCUT2D eigenvalue weighted by atomic mass is 19.1. The van der Waals surface area contributed by atoms with Crippen LogP contribution in [0.15, 0.2) is 0 Å². The Labute approximate surface area is 96.4 Å². The molecule has 4 heteroatoms. The molecule has 0 spiro atoms. The van der Waals surface area contributed by atoms with E-state index in [-0.39, 0.29) is 18.5 Å². The fourth-order valence-electron chi connectivity index (χ4n) is 2.63. The molecule has 0 aromatic heterocycles. The van der Waals surface area contributed by atoms with Crippen molar-refractivity contribution in [3.8, 4) is 0 Å². The molecule has 2 heterocycles. The summed E-state index contributed by atoms with van der Waals surface area (Å²) in [6.07, 6.45) is 3.60. The first-order valence-corrected chi connectivity index (χ1v) is 6.36. The number of hydrogen-bond donors (Lipinski definition) is 1. The summed E-state index contributed by atoms with van der Waals surface area (Å²) in [5, 5.41) is 3.27. The van der Waals surface area contributed by atoms with Gasteiger partial charge < -0.3 is 10.2 Å². The Morgan fingerprint density at radius 1 is 1.19 bits per heavy atom. The molecular formula is C12H21FN2O. The number of halogens is 1. The molecule has 92 valence electrons. The zero-order valence-corrected chi connectivity index (χ0v) is 9.75. The summed E-state index contributed by atoms with van der Waals surface area (Å²) in [5.74, 6) is 0.707. The van der Waals surface area contributed by atoms with Crippen LogP contribution in [-0.4, -0.2) is 43.7 Å². The summed E-state index contributed by atoms with van der Waals surface area (Å²) < 4.78 is 12.4. The van der Waals surface area contributed by atoms with Crippen LogP contribution in [0.25, 0.3) is 0 Å². The molecule has 0 aliphatic carbocycles. The van der Waals surface area contributed by atoms with E-state index in [2.05, 4.69) is 5.32 Å². The molecule has 2 aliphatic rings. The van der Waals surface area contributed by atoms with Gasteiger partial charge in [-0.15, -0.1) is 0 Å². The van der Waals surface area contributed by atoms with Crippen LogP contribution in [0.2, 0.25) is 0 Å². The molecule has 0 aromatic carbocycles. The molecule has 2 fully saturated rings. The number of nitrogens with zero attached hydrogens (tertiary/aromatic N) is 1. The average Bonchev–Trinajstić information content (AvgIpc) is 2.39. The predicted molar refractivity (Wildman–Crippen MR) is 60.9 cm³/mol. The van der Waals surface area contributed by atoms with Gasteiger partial charge in [-0.1, -0.05) is 0 Å². The van der Waals surface area contributed by atoms with Gasteiger partial charge in [0, 0.05) is 19.0 Å². The molecule has 0 saturated carbocycles. The maximum absolute atomic E-state index is 12.4. The molecule has 1 N–H and O–H groups in total. The van der Waals surface area contributed by atoms with Crippen molar-refractivity contribution in [3.05, 3.63) is 0 Å². The second-order valence-corrected chi connectivity index (χ2v) is 4.95. The van der Waals surface area contributed by atoms with Gasteiger partial charge in [0.25, 0.3) is 0 Å². The third-order valence-electron chi connectivity index (χ3n) is 3.83. The van der Waals surface area contributed by atoms with E-state index in [4.69, 9.17) is 0 Å². The van der Waals surface area contributed by atoms with Gasteiger partial charge in [0.05, 0.1) is 6.67 Å². The van der Waals surface area contributed by atoms with E-state index in [1.165, 1.54) is 0 Å². The first-order valence-electron chi connectivity index (χ1n) is 6.36. The lowest BCUT2D eigenvalue weighted by Gasteiger charge is -2.34. The van der Waals surface area contributed by atoms with Crippen molar-refractivity contribution in [3.63, 3.8) is 0 Å². The van der Waals surface area contributed by atoms with Crippen molar-refractivity contribution in [2.75, 3.05) is 32.9 Å². The zero-order valence-electron chi connectivity index (χ0n) is 9.75. The van der Waals surface area contributed by atoms with Gasteiger partial charge in [-0.05, 0) is 44.7 Å². The van der Waals surface area contributed by atoms with Crippen LogP contribution in [0.1, 0.15) is 25.7 Å². The molecule has 0 atom stereocenters. The third kappa shape index (κ3) is 2.73. The summed E-state index contributed by atoms with van der Waals surface area (Å²) >= 11 is 0. The fourth-order valence-corrected chi connectivity index (χ4v) is 2.63. The number of likely N-dealkylation sites (tertiary alicyclic amines) is 1. The number of amides is 1. The largest absolute Gasteiger partial charge is 0.342 e. The molecule has 0 radical (unpaired) electrons. The minimum absolute atomic E-state index is 0.192. The molecule has 16 heavy (non-hydrogen) atoms. The highest BCUT2D eigenvalue weighted by Crippen LogP contribution is 2.21. The third-order valence-corrected chi connectivity index (χ3v) is 3.83. The SMILES string of the molecule is O=C(C1CCNCC1)N1CCC(CF)CC1. The van der Waals surface area contributed by atoms with Crippen molar-refractivity contribution in [2.24, 2.45) is 11.8 Å². The van der Waals surface area contributed by atoms with E-state index in [9.17, 15) is 9.18 Å². The van der Waals surface area contributed by atoms with Gasteiger partial charge in [-0.3, -0.25) is 9.18 Å². The van der Waals surface area contributed by atoms with Gasteiger partial charge in [0.1, 0.15) is 0 Å². The second-order valence-electron chi connectivity index (χ2n) is 4.95. The minimum atomic E-state index is -0.227. The van der Waals surface area contributed by atoms with Crippen LogP contribution in [0, 0.1) is 11.8 Å². The quantitative estimate of drug-likeness (QED) is 0.770. The minimum Gasteiger partial charge on any atom is -0.342 e. The number of carbonyl (C=O) groups is 1. The van der Waals surface area contributed by atoms with E-state index in [0.717, 1.165) is 51.9 Å². The lowest BCUT2D eigenvalue weighted by Crippen LogP contribution is -2.44. The number of carbonyl (C=O) groups excluding carboxylic acids is 1. The molecule has 0 unspecified atom stereocenters. The van der Waals surface area contributed by atoms with Crippen LogP contribution >= 0.6 is 0 Å². The van der Waals surface area contributed by atoms with E-state index >= 15 is 0 Å². The van der Waals surface area contributed by atoms with Crippen LogP contribution in [0.5, 0.6) is 0 Å². The van der Waals surface area contributed by atoms with E-state index < -0.39 is 0 Å². The molecular weight excluding hydrogens is 207 g/mol. The van der Waals surface area contributed by atoms with Crippen molar-refractivity contribution in [1.82, 2.24) is 10.2 Å². The van der Waals surface area contributed by atoms with Gasteiger partial charge in [-0.2, -0.15) is 0 Å². The molecule has 2 aliphatic heterocycles. The Morgan fingerprint density at radius 2 is 1.81 bits per heavy atom. The van der Waals surface area contributed by atoms with Crippen LogP contribution in [0.4, 0.5) is 4.39 Å². The smallest absolute Gasteiger partial charge is 0.225 e. The summed E-state index contributed by atoms with van der Waals surface area (Å²) in [5.41, 5.74) is 0. The Morgan fingerprint density at radius 3 is 2.38 bits per heavy atom. The summed E-state index contributed by atoms with van der Waals surface area (Å²) in [6.45, 7) is 3.21. The zero-order chi connectivity index (χ0) is 11.4. The lowest BCUT2D eigenvalue weighted by molar-refractivity contribution is -0.137. The van der Waals surface area contributed by atoms with Crippen molar-refractivity contribution in [2.45, 2.75) is 25.7 Å². The van der Waals surface area contributed by atoms with E-state index in [1.807, 2.05) is 4.90 Å². The summed E-state index contributed by atoms with van der Waals surface area (Å²) in [6, 6.07) is 0. The van der Waals surface area contributed by atoms with Crippen molar-refractivity contribution < 1.29 is 9.18 Å². The highest BCUT2D eigenvalue weighted by molar-refractivity contribution is 5.79. The average molecular weight is 228 g/mol. The Bertz CT molecular complexity index is 233. The van der Waals surface area contributed by atoms with E-state index in [0.29, 0.717) is 5.91 Å². The second kappa shape index (κ2) is 5.62. The number of hydrogen-bond acceptors (Lipinski definition) is 2. The monoisotopic (exact) mass is 228 g/mol. The number of piperidine rings is 2. The molecule has 0 bridgehead atoms. The molecule has 3 nitrogen and oxygen atoms in total. The molecule has 1 amide bonds. The first-order chi connectivity index (χ1) is 7.81. The van der Waals surface area contributed by atoms with Gasteiger partial charge >= 0.3 is 0 Å². The summed E-state index contributed by atoms with van der Waals surface area (Å²) in [7, 11) is 0. The molecule has 0 aromatic rings. The number of rotatable bonds is 2. The lowest BCUT2D eigenvalue weighted by atomic mass is 9.93. The number of nitrogens with one attached hydrogen (secondary N) is 1. The first kappa shape index (κ1) is 11.8. The Kier molecular flexibility index (Phi) is 4.16. The van der Waals surface area contributed by atoms with Crippen LogP contribution < -0.4 is 5.32 Å². The molecule has 2 saturated heterocycles. The summed E-state index contributed by atoms with van der Waals surface area (Å²) in [4.78, 5) is 14.1. The van der Waals surface area contributed by atoms with Crippen molar-refractivity contribution >= 4 is 5.91 Å². The Balaban J connectivity index is 1.81. The maximum Gasteiger partial charge on any atom is 0.225 e. The normalized spacial score (nSPS) is 24.7. The van der Waals surface area contributed by atoms with Crippen molar-refractivity contribution in [1.29, 1.82) is 0 Å². The van der Waals surface area contributed by atoms with Gasteiger partial charge in [0.15, 0.2) is 0 Å². The molecule has 2 rings (SSSR count). The topological polar surface area (TPSA) is 32.3 Å².